The van der Waals surface area contributed by atoms with Gasteiger partial charge in [-0.15, -0.1) is 0 Å². The van der Waals surface area contributed by atoms with Crippen LogP contribution in [0.1, 0.15) is 54.6 Å². The van der Waals surface area contributed by atoms with E-state index >= 15 is 0 Å². The SMILES string of the molecule is CC1=C(c2cc(-c3ccccc3)ccc2-c2cc(C3CC=Cc4oc5ccccc5c43)ccc2Nc2ccccc2-c2ccccc2O)CCC=C1. The lowest BCUT2D eigenvalue weighted by molar-refractivity contribution is 0.477. The van der Waals surface area contributed by atoms with Crippen molar-refractivity contribution in [1.82, 2.24) is 0 Å². The second-order valence-corrected chi connectivity index (χ2v) is 13.8. The summed E-state index contributed by atoms with van der Waals surface area (Å²) in [4.78, 5) is 0. The zero-order valence-corrected chi connectivity index (χ0v) is 29.1. The van der Waals surface area contributed by atoms with Crippen molar-refractivity contribution < 1.29 is 9.52 Å². The molecule has 3 heteroatoms. The average Bonchev–Trinajstić information content (AvgIpc) is 3.58. The molecule has 1 aromatic heterocycles. The molecule has 1 heterocycles. The highest BCUT2D eigenvalue weighted by atomic mass is 16.3. The molecule has 52 heavy (non-hydrogen) atoms. The second kappa shape index (κ2) is 13.4. The number of hydrogen-bond acceptors (Lipinski definition) is 3. The molecule has 0 bridgehead atoms. The van der Waals surface area contributed by atoms with Crippen LogP contribution in [0, 0.1) is 0 Å². The minimum Gasteiger partial charge on any atom is -0.507 e. The van der Waals surface area contributed by atoms with Crippen LogP contribution in [0.5, 0.6) is 5.75 Å². The Kier molecular flexibility index (Phi) is 8.17. The molecule has 2 aliphatic carbocycles. The van der Waals surface area contributed by atoms with E-state index in [1.807, 2.05) is 36.4 Å². The van der Waals surface area contributed by atoms with E-state index in [1.165, 1.54) is 49.9 Å². The molecule has 3 nitrogen and oxygen atoms in total. The molecule has 0 amide bonds. The van der Waals surface area contributed by atoms with Gasteiger partial charge in [-0.3, -0.25) is 0 Å². The second-order valence-electron chi connectivity index (χ2n) is 13.8. The van der Waals surface area contributed by atoms with Crippen molar-refractivity contribution in [3.8, 4) is 39.1 Å². The van der Waals surface area contributed by atoms with Gasteiger partial charge in [0.05, 0.1) is 0 Å². The molecular formula is C49H39NO2. The van der Waals surface area contributed by atoms with Crippen LogP contribution in [0.15, 0.2) is 168 Å². The first kappa shape index (κ1) is 31.6. The first-order valence-corrected chi connectivity index (χ1v) is 18.2. The van der Waals surface area contributed by atoms with Crippen LogP contribution in [-0.2, 0) is 0 Å². The molecule has 6 aromatic carbocycles. The minimum atomic E-state index is 0.149. The molecule has 7 aromatic rings. The molecule has 0 spiro atoms. The van der Waals surface area contributed by atoms with Crippen LogP contribution in [0.2, 0.25) is 0 Å². The molecular weight excluding hydrogens is 635 g/mol. The summed E-state index contributed by atoms with van der Waals surface area (Å²) in [6.07, 6.45) is 11.8. The van der Waals surface area contributed by atoms with Crippen LogP contribution in [0.3, 0.4) is 0 Å². The molecule has 0 fully saturated rings. The first-order chi connectivity index (χ1) is 25.6. The predicted octanol–water partition coefficient (Wildman–Crippen LogP) is 13.6. The fourth-order valence-corrected chi connectivity index (χ4v) is 8.05. The van der Waals surface area contributed by atoms with E-state index in [-0.39, 0.29) is 11.7 Å². The number of phenolic OH excluding ortho intramolecular Hbond substituents is 1. The molecule has 0 saturated heterocycles. The van der Waals surface area contributed by atoms with Crippen LogP contribution in [0.25, 0.3) is 56.0 Å². The third-order valence-electron chi connectivity index (χ3n) is 10.6. The number of aromatic hydroxyl groups is 1. The summed E-state index contributed by atoms with van der Waals surface area (Å²) < 4.78 is 6.36. The van der Waals surface area contributed by atoms with Gasteiger partial charge in [0.2, 0.25) is 0 Å². The van der Waals surface area contributed by atoms with Gasteiger partial charge in [0, 0.05) is 44.9 Å². The molecule has 2 aliphatic rings. The molecule has 0 radical (unpaired) electrons. The highest BCUT2D eigenvalue weighted by molar-refractivity contribution is 5.94. The van der Waals surface area contributed by atoms with E-state index in [9.17, 15) is 5.11 Å². The number of hydrogen-bond donors (Lipinski definition) is 2. The Morgan fingerprint density at radius 3 is 2.25 bits per heavy atom. The molecule has 1 unspecified atom stereocenters. The van der Waals surface area contributed by atoms with Gasteiger partial charge in [0.25, 0.3) is 0 Å². The summed E-state index contributed by atoms with van der Waals surface area (Å²) in [5.41, 5.74) is 15.8. The van der Waals surface area contributed by atoms with E-state index in [2.05, 4.69) is 134 Å². The number of furan rings is 1. The third kappa shape index (κ3) is 5.75. The predicted molar refractivity (Wildman–Crippen MR) is 217 cm³/mol. The van der Waals surface area contributed by atoms with Crippen molar-refractivity contribution >= 4 is 34.0 Å². The van der Waals surface area contributed by atoms with Crippen LogP contribution in [-0.4, -0.2) is 5.11 Å². The van der Waals surface area contributed by atoms with E-state index in [0.717, 1.165) is 58.7 Å². The van der Waals surface area contributed by atoms with Crippen molar-refractivity contribution in [2.75, 3.05) is 5.32 Å². The van der Waals surface area contributed by atoms with Crippen molar-refractivity contribution in [3.05, 3.63) is 186 Å². The normalized spacial score (nSPS) is 15.2. The molecule has 9 rings (SSSR count). The number of nitrogens with one attached hydrogen (secondary N) is 1. The van der Waals surface area contributed by atoms with Crippen LogP contribution < -0.4 is 5.32 Å². The average molecular weight is 674 g/mol. The number of benzene rings is 6. The Morgan fingerprint density at radius 1 is 0.615 bits per heavy atom. The summed E-state index contributed by atoms with van der Waals surface area (Å²) in [6.45, 7) is 2.24. The fraction of sp³-hybridized carbons (Fsp3) is 0.102. The zero-order valence-electron chi connectivity index (χ0n) is 29.1. The first-order valence-electron chi connectivity index (χ1n) is 18.2. The number of anilines is 2. The lowest BCUT2D eigenvalue weighted by atomic mass is 9.81. The van der Waals surface area contributed by atoms with E-state index in [0.29, 0.717) is 0 Å². The quantitative estimate of drug-likeness (QED) is 0.177. The Morgan fingerprint density at radius 2 is 1.38 bits per heavy atom. The van der Waals surface area contributed by atoms with E-state index in [4.69, 9.17) is 4.42 Å². The maximum Gasteiger partial charge on any atom is 0.135 e. The van der Waals surface area contributed by atoms with Crippen LogP contribution >= 0.6 is 0 Å². The molecule has 2 N–H and O–H groups in total. The molecule has 0 saturated carbocycles. The summed E-state index contributed by atoms with van der Waals surface area (Å²) in [5.74, 6) is 1.35. The largest absolute Gasteiger partial charge is 0.507 e. The maximum atomic E-state index is 10.9. The Balaban J connectivity index is 1.26. The van der Waals surface area contributed by atoms with Gasteiger partial charge in [-0.1, -0.05) is 121 Å². The minimum absolute atomic E-state index is 0.149. The van der Waals surface area contributed by atoms with Gasteiger partial charge in [-0.25, -0.2) is 0 Å². The Bertz CT molecular complexity index is 2550. The van der Waals surface area contributed by atoms with Crippen molar-refractivity contribution in [3.63, 3.8) is 0 Å². The van der Waals surface area contributed by atoms with Gasteiger partial charge in [-0.05, 0) is 108 Å². The van der Waals surface area contributed by atoms with Gasteiger partial charge in [0.1, 0.15) is 17.1 Å². The van der Waals surface area contributed by atoms with Crippen molar-refractivity contribution in [2.24, 2.45) is 0 Å². The van der Waals surface area contributed by atoms with E-state index < -0.39 is 0 Å². The summed E-state index contributed by atoms with van der Waals surface area (Å²) in [5, 5.41) is 15.9. The Labute approximate surface area is 304 Å². The highest BCUT2D eigenvalue weighted by Crippen LogP contribution is 2.46. The zero-order chi connectivity index (χ0) is 35.0. The summed E-state index contributed by atoms with van der Waals surface area (Å²) >= 11 is 0. The monoisotopic (exact) mass is 673 g/mol. The summed E-state index contributed by atoms with van der Waals surface area (Å²) in [7, 11) is 0. The van der Waals surface area contributed by atoms with Crippen LogP contribution in [0.4, 0.5) is 11.4 Å². The summed E-state index contributed by atoms with van der Waals surface area (Å²) in [6, 6.07) is 48.7. The van der Waals surface area contributed by atoms with Gasteiger partial charge >= 0.3 is 0 Å². The number of fused-ring (bicyclic) bond motifs is 3. The number of para-hydroxylation sites is 3. The molecule has 0 aliphatic heterocycles. The molecule has 252 valence electrons. The van der Waals surface area contributed by atoms with Crippen molar-refractivity contribution in [1.29, 1.82) is 0 Å². The lowest BCUT2D eigenvalue weighted by Crippen LogP contribution is -2.06. The Hall–Kier alpha value is -6.32. The third-order valence-corrected chi connectivity index (χ3v) is 10.6. The van der Waals surface area contributed by atoms with Gasteiger partial charge in [-0.2, -0.15) is 0 Å². The highest BCUT2D eigenvalue weighted by Gasteiger charge is 2.27. The van der Waals surface area contributed by atoms with Gasteiger partial charge < -0.3 is 14.8 Å². The maximum absolute atomic E-state index is 10.9. The fourth-order valence-electron chi connectivity index (χ4n) is 8.05. The number of rotatable bonds is 7. The number of phenols is 1. The van der Waals surface area contributed by atoms with Crippen molar-refractivity contribution in [2.45, 2.75) is 32.1 Å². The van der Waals surface area contributed by atoms with E-state index in [1.54, 1.807) is 6.07 Å². The number of allylic oxidation sites excluding steroid dienone is 5. The lowest BCUT2D eigenvalue weighted by Gasteiger charge is -2.24. The topological polar surface area (TPSA) is 45.4 Å². The van der Waals surface area contributed by atoms with Gasteiger partial charge in [0.15, 0.2) is 0 Å². The smallest absolute Gasteiger partial charge is 0.135 e. The molecule has 1 atom stereocenters. The standard InChI is InChI=1S/C49H39NO2/c1-32-14-5-6-17-36(32)42-30-34(33-15-3-2-4-16-33)26-28-38(42)43-31-35(37-21-13-25-48-49(37)41-20-9-12-24-47(41)52-48)27-29-45(43)50-44-22-10-7-18-39(44)40-19-8-11-23-46(40)51/h2-5,7-16,18-20,22-31,37,50-51H,6,17,21H2,1H3.